The molecule has 1 heterocycles. The standard InChI is InChI=1S/C27H20Cl2N2O3/c28-21-9-5-15(11-22(21)29)14-34-23-10-8-16-3-1-2-4-19(16)20(23)13-30-31-26(32)24-17-6-7-18(12-17)25(24)27(31)33/h1-11,13,17-18,24-25H,12,14H2. The van der Waals surface area contributed by atoms with Crippen molar-refractivity contribution in [1.82, 2.24) is 5.01 Å². The van der Waals surface area contributed by atoms with Crippen LogP contribution < -0.4 is 4.74 Å². The number of benzene rings is 3. The molecule has 2 amide bonds. The van der Waals surface area contributed by atoms with Gasteiger partial charge in [0.1, 0.15) is 12.4 Å². The van der Waals surface area contributed by atoms with Crippen LogP contribution >= 0.6 is 23.2 Å². The van der Waals surface area contributed by atoms with Crippen molar-refractivity contribution in [1.29, 1.82) is 0 Å². The van der Waals surface area contributed by atoms with E-state index in [1.54, 1.807) is 18.3 Å². The fourth-order valence-corrected chi connectivity index (χ4v) is 5.76. The molecule has 170 valence electrons. The lowest BCUT2D eigenvalue weighted by Gasteiger charge is -2.14. The predicted molar refractivity (Wildman–Crippen MR) is 132 cm³/mol. The maximum absolute atomic E-state index is 13.0. The van der Waals surface area contributed by atoms with Crippen LogP contribution in [0, 0.1) is 23.7 Å². The Labute approximate surface area is 206 Å². The van der Waals surface area contributed by atoms with E-state index in [9.17, 15) is 9.59 Å². The summed E-state index contributed by atoms with van der Waals surface area (Å²) in [6.07, 6.45) is 6.60. The first-order valence-electron chi connectivity index (χ1n) is 11.2. The van der Waals surface area contributed by atoms with Gasteiger partial charge in [0.15, 0.2) is 0 Å². The molecule has 2 bridgehead atoms. The van der Waals surface area contributed by atoms with Crippen molar-refractivity contribution in [2.45, 2.75) is 13.0 Å². The van der Waals surface area contributed by atoms with Gasteiger partial charge >= 0.3 is 0 Å². The first-order valence-corrected chi connectivity index (χ1v) is 12.0. The van der Waals surface area contributed by atoms with E-state index in [2.05, 4.69) is 17.3 Å². The quantitative estimate of drug-likeness (QED) is 0.255. The maximum atomic E-state index is 13.0. The van der Waals surface area contributed by atoms with Gasteiger partial charge in [-0.1, -0.05) is 71.8 Å². The predicted octanol–water partition coefficient (Wildman–Crippen LogP) is 5.87. The maximum Gasteiger partial charge on any atom is 0.254 e. The van der Waals surface area contributed by atoms with Crippen LogP contribution in [-0.4, -0.2) is 23.0 Å². The summed E-state index contributed by atoms with van der Waals surface area (Å²) in [6.45, 7) is 0.275. The number of hydrogen-bond acceptors (Lipinski definition) is 4. The second-order valence-corrected chi connectivity index (χ2v) is 9.78. The Morgan fingerprint density at radius 2 is 1.68 bits per heavy atom. The third-order valence-corrected chi connectivity index (χ3v) is 7.80. The van der Waals surface area contributed by atoms with Gasteiger partial charge in [-0.05, 0) is 52.8 Å². The second kappa shape index (κ2) is 8.26. The Morgan fingerprint density at radius 3 is 2.41 bits per heavy atom. The Bertz CT molecular complexity index is 1370. The number of hydrogen-bond donors (Lipinski definition) is 0. The molecular formula is C27H20Cl2N2O3. The van der Waals surface area contributed by atoms with E-state index in [0.29, 0.717) is 21.4 Å². The molecule has 7 heteroatoms. The first kappa shape index (κ1) is 21.4. The molecule has 4 atom stereocenters. The number of rotatable bonds is 5. The van der Waals surface area contributed by atoms with E-state index in [-0.39, 0.29) is 42.1 Å². The lowest BCUT2D eigenvalue weighted by molar-refractivity contribution is -0.140. The van der Waals surface area contributed by atoms with Crippen LogP contribution in [0.3, 0.4) is 0 Å². The van der Waals surface area contributed by atoms with Gasteiger partial charge < -0.3 is 4.74 Å². The van der Waals surface area contributed by atoms with Crippen molar-refractivity contribution in [3.05, 3.63) is 87.9 Å². The molecule has 3 aromatic carbocycles. The smallest absolute Gasteiger partial charge is 0.254 e. The minimum absolute atomic E-state index is 0.147. The normalized spacial score (nSPS) is 25.2. The molecule has 34 heavy (non-hydrogen) atoms. The molecule has 0 aromatic heterocycles. The number of carbonyl (C=O) groups excluding carboxylic acids is 2. The van der Waals surface area contributed by atoms with Gasteiger partial charge in [-0.3, -0.25) is 9.59 Å². The first-order chi connectivity index (χ1) is 16.5. The average Bonchev–Trinajstić information content (AvgIpc) is 3.53. The van der Waals surface area contributed by atoms with Gasteiger partial charge in [-0.25, -0.2) is 0 Å². The summed E-state index contributed by atoms with van der Waals surface area (Å²) in [5.74, 6) is -0.0866. The highest BCUT2D eigenvalue weighted by atomic mass is 35.5. The molecule has 0 radical (unpaired) electrons. The van der Waals surface area contributed by atoms with E-state index in [4.69, 9.17) is 27.9 Å². The van der Waals surface area contributed by atoms with Crippen LogP contribution in [0.25, 0.3) is 10.8 Å². The van der Waals surface area contributed by atoms with Crippen molar-refractivity contribution < 1.29 is 14.3 Å². The zero-order chi connectivity index (χ0) is 23.4. The van der Waals surface area contributed by atoms with Crippen molar-refractivity contribution in [3.63, 3.8) is 0 Å². The lowest BCUT2D eigenvalue weighted by atomic mass is 9.85. The number of ether oxygens (including phenoxy) is 1. The van der Waals surface area contributed by atoms with Crippen molar-refractivity contribution in [2.24, 2.45) is 28.8 Å². The van der Waals surface area contributed by atoms with Gasteiger partial charge in [-0.2, -0.15) is 10.1 Å². The highest BCUT2D eigenvalue weighted by molar-refractivity contribution is 6.42. The zero-order valence-corrected chi connectivity index (χ0v) is 19.5. The third kappa shape index (κ3) is 3.42. The number of halogens is 2. The van der Waals surface area contributed by atoms with Gasteiger partial charge in [0.05, 0.1) is 28.1 Å². The fourth-order valence-electron chi connectivity index (χ4n) is 5.44. The number of imide groups is 1. The number of nitrogens with zero attached hydrogens (tertiary/aromatic N) is 2. The van der Waals surface area contributed by atoms with Crippen LogP contribution in [0.4, 0.5) is 0 Å². The van der Waals surface area contributed by atoms with E-state index < -0.39 is 0 Å². The molecule has 3 aliphatic rings. The van der Waals surface area contributed by atoms with Crippen LogP contribution in [-0.2, 0) is 16.2 Å². The number of hydrazone groups is 1. The minimum atomic E-state index is -0.280. The van der Waals surface area contributed by atoms with Crippen molar-refractivity contribution in [3.8, 4) is 5.75 Å². The summed E-state index contributed by atoms with van der Waals surface area (Å²) in [5, 5.41) is 8.31. The van der Waals surface area contributed by atoms with Gasteiger partial charge in [0.2, 0.25) is 0 Å². The number of amides is 2. The molecule has 0 N–H and O–H groups in total. The summed E-state index contributed by atoms with van der Waals surface area (Å²) in [5.41, 5.74) is 1.57. The Balaban J connectivity index is 1.32. The Kier molecular flexibility index (Phi) is 5.19. The molecule has 1 saturated heterocycles. The second-order valence-electron chi connectivity index (χ2n) is 8.97. The zero-order valence-electron chi connectivity index (χ0n) is 18.0. The SMILES string of the molecule is O=C1C2C3C=CC(C3)C2C(=O)N1N=Cc1c(OCc2ccc(Cl)c(Cl)c2)ccc2ccccc12. The Morgan fingerprint density at radius 1 is 0.941 bits per heavy atom. The Hall–Kier alpha value is -3.15. The van der Waals surface area contributed by atoms with E-state index in [1.807, 2.05) is 42.5 Å². The molecule has 2 aliphatic carbocycles. The summed E-state index contributed by atoms with van der Waals surface area (Å²) < 4.78 is 6.12. The topological polar surface area (TPSA) is 59.0 Å². The number of carbonyl (C=O) groups is 2. The van der Waals surface area contributed by atoms with Crippen LogP contribution in [0.5, 0.6) is 5.75 Å². The van der Waals surface area contributed by atoms with E-state index >= 15 is 0 Å². The number of allylic oxidation sites excluding steroid dienone is 2. The fraction of sp³-hybridized carbons (Fsp3) is 0.222. The number of fused-ring (bicyclic) bond motifs is 6. The summed E-state index contributed by atoms with van der Waals surface area (Å²) in [7, 11) is 0. The molecular weight excluding hydrogens is 471 g/mol. The van der Waals surface area contributed by atoms with Gasteiger partial charge in [0.25, 0.3) is 11.8 Å². The highest BCUT2D eigenvalue weighted by Crippen LogP contribution is 2.52. The van der Waals surface area contributed by atoms with E-state index in [1.165, 1.54) is 0 Å². The summed E-state index contributed by atoms with van der Waals surface area (Å²) in [4.78, 5) is 26.1. The molecule has 2 fully saturated rings. The molecule has 6 rings (SSSR count). The molecule has 4 unspecified atom stereocenters. The summed E-state index contributed by atoms with van der Waals surface area (Å²) >= 11 is 12.2. The molecule has 3 aromatic rings. The monoisotopic (exact) mass is 490 g/mol. The summed E-state index contributed by atoms with van der Waals surface area (Å²) in [6, 6.07) is 17.0. The van der Waals surface area contributed by atoms with Gasteiger partial charge in [0, 0.05) is 5.56 Å². The third-order valence-electron chi connectivity index (χ3n) is 7.06. The van der Waals surface area contributed by atoms with E-state index in [0.717, 1.165) is 27.8 Å². The minimum Gasteiger partial charge on any atom is -0.488 e. The molecule has 1 aliphatic heterocycles. The van der Waals surface area contributed by atoms with Gasteiger partial charge in [-0.15, -0.1) is 0 Å². The largest absolute Gasteiger partial charge is 0.488 e. The molecule has 0 spiro atoms. The van der Waals surface area contributed by atoms with Crippen LogP contribution in [0.2, 0.25) is 10.0 Å². The highest BCUT2D eigenvalue weighted by Gasteiger charge is 2.59. The van der Waals surface area contributed by atoms with Crippen LogP contribution in [0.15, 0.2) is 71.9 Å². The molecule has 1 saturated carbocycles. The van der Waals surface area contributed by atoms with Crippen molar-refractivity contribution >= 4 is 52.0 Å². The lowest BCUT2D eigenvalue weighted by Crippen LogP contribution is -2.28. The molecule has 5 nitrogen and oxygen atoms in total. The van der Waals surface area contributed by atoms with Crippen LogP contribution in [0.1, 0.15) is 17.5 Å². The average molecular weight is 491 g/mol. The van der Waals surface area contributed by atoms with Crippen molar-refractivity contribution in [2.75, 3.05) is 0 Å².